The smallest absolute Gasteiger partial charge is 0.0797 e. The van der Waals surface area contributed by atoms with E-state index in [9.17, 15) is 0 Å². The lowest BCUT2D eigenvalue weighted by atomic mass is 9.80. The highest BCUT2D eigenvalue weighted by Crippen LogP contribution is 2.27. The third-order valence-electron chi connectivity index (χ3n) is 4.06. The van der Waals surface area contributed by atoms with Crippen LogP contribution >= 0.6 is 0 Å². The van der Waals surface area contributed by atoms with Crippen molar-refractivity contribution in [1.29, 1.82) is 0 Å². The summed E-state index contributed by atoms with van der Waals surface area (Å²) in [6.45, 7) is 10.6. The van der Waals surface area contributed by atoms with E-state index in [-0.39, 0.29) is 5.41 Å². The average molecular weight is 306 g/mol. The molecule has 0 aliphatic rings. The van der Waals surface area contributed by atoms with E-state index < -0.39 is 0 Å². The number of allylic oxidation sites excluding steroid dienone is 1. The van der Waals surface area contributed by atoms with Crippen molar-refractivity contribution in [3.8, 4) is 0 Å². The van der Waals surface area contributed by atoms with Gasteiger partial charge in [0, 0.05) is 0 Å². The molecule has 0 amide bonds. The summed E-state index contributed by atoms with van der Waals surface area (Å²) in [6, 6.07) is 17.1. The monoisotopic (exact) mass is 306 g/mol. The van der Waals surface area contributed by atoms with Gasteiger partial charge in [-0.25, -0.2) is 0 Å². The third-order valence-corrected chi connectivity index (χ3v) is 4.06. The zero-order chi connectivity index (χ0) is 16.9. The summed E-state index contributed by atoms with van der Waals surface area (Å²) in [5, 5.41) is 8.81. The molecule has 2 rings (SSSR count). The minimum absolute atomic E-state index is 0.194. The fourth-order valence-electron chi connectivity index (χ4n) is 2.91. The van der Waals surface area contributed by atoms with Crippen LogP contribution < -0.4 is 0 Å². The molecule has 0 bridgehead atoms. The molecule has 0 unspecified atom stereocenters. The summed E-state index contributed by atoms with van der Waals surface area (Å²) in [7, 11) is 0. The van der Waals surface area contributed by atoms with Crippen molar-refractivity contribution >= 4 is 11.6 Å². The second-order valence-electron chi connectivity index (χ2n) is 7.05. The number of benzene rings is 2. The Morgan fingerprint density at radius 2 is 1.43 bits per heavy atom. The summed E-state index contributed by atoms with van der Waals surface area (Å²) in [5.41, 5.74) is 6.21. The maximum absolute atomic E-state index is 8.81. The van der Waals surface area contributed by atoms with Crippen molar-refractivity contribution in [2.24, 2.45) is 5.41 Å². The third kappa shape index (κ3) is 5.14. The SMILES string of the molecule is C=C(C)c1ccc(CC(C)(C)Cc2ccc(/C=C\O)cc2)cc1. The second-order valence-corrected chi connectivity index (χ2v) is 7.05. The van der Waals surface area contributed by atoms with Crippen molar-refractivity contribution in [2.45, 2.75) is 33.6 Å². The average Bonchev–Trinajstić information content (AvgIpc) is 2.49. The number of hydrogen-bond donors (Lipinski definition) is 1. The molecule has 1 heteroatoms. The molecule has 1 N–H and O–H groups in total. The van der Waals surface area contributed by atoms with Crippen LogP contribution in [0.2, 0.25) is 0 Å². The predicted molar refractivity (Wildman–Crippen MR) is 100 cm³/mol. The molecule has 0 aromatic heterocycles. The number of aliphatic hydroxyl groups is 1. The molecule has 120 valence electrons. The summed E-state index contributed by atoms with van der Waals surface area (Å²) in [5.74, 6) is 0. The van der Waals surface area contributed by atoms with Crippen LogP contribution in [0.25, 0.3) is 11.6 Å². The molecular weight excluding hydrogens is 280 g/mol. The maximum Gasteiger partial charge on any atom is 0.0797 e. The van der Waals surface area contributed by atoms with Crippen LogP contribution in [0.5, 0.6) is 0 Å². The maximum atomic E-state index is 8.81. The Balaban J connectivity index is 2.04. The molecule has 0 atom stereocenters. The molecule has 0 aliphatic heterocycles. The Hall–Kier alpha value is -2.28. The van der Waals surface area contributed by atoms with Gasteiger partial charge in [0.15, 0.2) is 0 Å². The first kappa shape index (κ1) is 17.1. The van der Waals surface area contributed by atoms with Crippen molar-refractivity contribution in [3.63, 3.8) is 0 Å². The molecule has 1 nitrogen and oxygen atoms in total. The molecule has 0 fully saturated rings. The zero-order valence-electron chi connectivity index (χ0n) is 14.3. The topological polar surface area (TPSA) is 20.2 Å². The fourth-order valence-corrected chi connectivity index (χ4v) is 2.91. The van der Waals surface area contributed by atoms with Crippen LogP contribution in [0.3, 0.4) is 0 Å². The summed E-state index contributed by atoms with van der Waals surface area (Å²) < 4.78 is 0. The summed E-state index contributed by atoms with van der Waals surface area (Å²) >= 11 is 0. The van der Waals surface area contributed by atoms with E-state index in [1.807, 2.05) is 19.1 Å². The normalized spacial score (nSPS) is 11.8. The lowest BCUT2D eigenvalue weighted by Crippen LogP contribution is -2.18. The molecular formula is C22H26O. The Bertz CT molecular complexity index is 673. The summed E-state index contributed by atoms with van der Waals surface area (Å²) in [4.78, 5) is 0. The second kappa shape index (κ2) is 7.32. The minimum atomic E-state index is 0.194. The van der Waals surface area contributed by atoms with Crippen LogP contribution in [-0.2, 0) is 12.8 Å². The van der Waals surface area contributed by atoms with Crippen LogP contribution in [0.15, 0.2) is 61.4 Å². The van der Waals surface area contributed by atoms with Gasteiger partial charge in [-0.05, 0) is 53.5 Å². The first-order valence-electron chi connectivity index (χ1n) is 8.04. The van der Waals surface area contributed by atoms with Gasteiger partial charge in [-0.2, -0.15) is 0 Å². The molecule has 0 saturated heterocycles. The Morgan fingerprint density at radius 1 is 0.957 bits per heavy atom. The van der Waals surface area contributed by atoms with E-state index in [1.165, 1.54) is 16.7 Å². The molecule has 0 aliphatic carbocycles. The van der Waals surface area contributed by atoms with E-state index in [0.717, 1.165) is 30.2 Å². The van der Waals surface area contributed by atoms with E-state index in [4.69, 9.17) is 5.11 Å². The Labute approximate surface area is 140 Å². The Kier molecular flexibility index (Phi) is 5.44. The highest BCUT2D eigenvalue weighted by molar-refractivity contribution is 5.61. The van der Waals surface area contributed by atoms with Crippen LogP contribution in [0, 0.1) is 5.41 Å². The largest absolute Gasteiger partial charge is 0.516 e. The standard InChI is InChI=1S/C22H26O/c1-17(2)21-11-9-20(10-12-21)16-22(3,4)15-19-7-5-18(6-8-19)13-14-23/h5-14,23H,1,15-16H2,2-4H3/b14-13-. The van der Waals surface area contributed by atoms with Crippen molar-refractivity contribution in [1.82, 2.24) is 0 Å². The molecule has 23 heavy (non-hydrogen) atoms. The fraction of sp³-hybridized carbons (Fsp3) is 0.273. The van der Waals surface area contributed by atoms with Gasteiger partial charge in [0.1, 0.15) is 0 Å². The van der Waals surface area contributed by atoms with Crippen LogP contribution in [0.1, 0.15) is 43.0 Å². The van der Waals surface area contributed by atoms with Crippen LogP contribution in [0.4, 0.5) is 0 Å². The van der Waals surface area contributed by atoms with Gasteiger partial charge in [-0.1, -0.05) is 74.5 Å². The van der Waals surface area contributed by atoms with Gasteiger partial charge < -0.3 is 5.11 Å². The molecule has 0 saturated carbocycles. The van der Waals surface area contributed by atoms with Gasteiger partial charge >= 0.3 is 0 Å². The number of aliphatic hydroxyl groups excluding tert-OH is 1. The van der Waals surface area contributed by atoms with Crippen molar-refractivity contribution in [2.75, 3.05) is 0 Å². The number of rotatable bonds is 6. The first-order valence-corrected chi connectivity index (χ1v) is 8.04. The lowest BCUT2D eigenvalue weighted by molar-refractivity contribution is 0.361. The minimum Gasteiger partial charge on any atom is -0.516 e. The highest BCUT2D eigenvalue weighted by Gasteiger charge is 2.19. The Morgan fingerprint density at radius 3 is 1.87 bits per heavy atom. The zero-order valence-corrected chi connectivity index (χ0v) is 14.3. The molecule has 2 aromatic rings. The molecule has 0 radical (unpaired) electrons. The quantitative estimate of drug-likeness (QED) is 0.643. The first-order chi connectivity index (χ1) is 10.9. The molecule has 0 heterocycles. The van der Waals surface area contributed by atoms with Crippen LogP contribution in [-0.4, -0.2) is 5.11 Å². The molecule has 0 spiro atoms. The van der Waals surface area contributed by atoms with Crippen molar-refractivity contribution < 1.29 is 5.11 Å². The van der Waals surface area contributed by atoms with Crippen molar-refractivity contribution in [3.05, 3.63) is 83.6 Å². The van der Waals surface area contributed by atoms with E-state index >= 15 is 0 Å². The van der Waals surface area contributed by atoms with E-state index in [2.05, 4.69) is 56.8 Å². The van der Waals surface area contributed by atoms with Gasteiger partial charge in [0.2, 0.25) is 0 Å². The van der Waals surface area contributed by atoms with Gasteiger partial charge in [-0.15, -0.1) is 0 Å². The van der Waals surface area contributed by atoms with E-state index in [0.29, 0.717) is 0 Å². The number of hydrogen-bond acceptors (Lipinski definition) is 1. The summed E-state index contributed by atoms with van der Waals surface area (Å²) in [6.07, 6.45) is 4.84. The lowest BCUT2D eigenvalue weighted by Gasteiger charge is -2.25. The van der Waals surface area contributed by atoms with Gasteiger partial charge in [0.05, 0.1) is 6.26 Å². The van der Waals surface area contributed by atoms with Gasteiger partial charge in [-0.3, -0.25) is 0 Å². The highest BCUT2D eigenvalue weighted by atomic mass is 16.2. The predicted octanol–water partition coefficient (Wildman–Crippen LogP) is 6.06. The molecule has 2 aromatic carbocycles. The van der Waals surface area contributed by atoms with Gasteiger partial charge in [0.25, 0.3) is 0 Å². The van der Waals surface area contributed by atoms with E-state index in [1.54, 1.807) is 6.08 Å².